The Balaban J connectivity index is 1.85. The van der Waals surface area contributed by atoms with Gasteiger partial charge in [-0.15, -0.1) is 11.8 Å². The molecule has 62 valence electrons. The maximum atomic E-state index is 2.47. The van der Waals surface area contributed by atoms with E-state index in [2.05, 4.69) is 32.5 Å². The zero-order chi connectivity index (χ0) is 7.85. The van der Waals surface area contributed by atoms with Crippen LogP contribution in [0.25, 0.3) is 0 Å². The lowest BCUT2D eigenvalue weighted by Gasteiger charge is -2.12. The summed E-state index contributed by atoms with van der Waals surface area (Å²) in [5, 5.41) is 1.05. The summed E-state index contributed by atoms with van der Waals surface area (Å²) in [6.45, 7) is 7.38. The highest BCUT2D eigenvalue weighted by Crippen LogP contribution is 2.76. The van der Waals surface area contributed by atoms with Crippen molar-refractivity contribution in [2.45, 2.75) is 43.6 Å². The fourth-order valence-corrected chi connectivity index (χ4v) is 4.52. The molecule has 2 saturated carbocycles. The van der Waals surface area contributed by atoms with E-state index in [0.29, 0.717) is 0 Å². The molecule has 0 spiro atoms. The molecular weight excluding hydrogens is 152 g/mol. The van der Waals surface area contributed by atoms with Crippen LogP contribution in [0.1, 0.15) is 33.6 Å². The van der Waals surface area contributed by atoms with E-state index in [1.165, 1.54) is 12.8 Å². The van der Waals surface area contributed by atoms with Crippen molar-refractivity contribution in [2.24, 2.45) is 17.3 Å². The largest absolute Gasteiger partial charge is 0.149 e. The zero-order valence-corrected chi connectivity index (χ0v) is 8.37. The summed E-state index contributed by atoms with van der Waals surface area (Å²) in [6.07, 6.45) is 3.04. The number of rotatable bonds is 0. The highest BCUT2D eigenvalue weighted by atomic mass is 32.2. The Morgan fingerprint density at radius 1 is 1.18 bits per heavy atom. The van der Waals surface area contributed by atoms with E-state index in [0.717, 1.165) is 27.2 Å². The fourth-order valence-electron chi connectivity index (χ4n) is 3.17. The summed E-state index contributed by atoms with van der Waals surface area (Å²) in [6, 6.07) is 0. The molecule has 1 aliphatic heterocycles. The van der Waals surface area contributed by atoms with Crippen molar-refractivity contribution in [2.75, 3.05) is 0 Å². The molecule has 0 radical (unpaired) electrons. The smallest absolute Gasteiger partial charge is 0.0257 e. The summed E-state index contributed by atoms with van der Waals surface area (Å²) >= 11 is 2.24. The lowest BCUT2D eigenvalue weighted by Crippen LogP contribution is -2.15. The van der Waals surface area contributed by atoms with Crippen molar-refractivity contribution >= 4 is 11.8 Å². The summed E-state index contributed by atoms with van der Waals surface area (Å²) < 4.78 is 0.731. The van der Waals surface area contributed by atoms with E-state index >= 15 is 0 Å². The number of thioether (sulfide) groups is 1. The first-order chi connectivity index (χ1) is 5.04. The quantitative estimate of drug-likeness (QED) is 0.501. The second-order valence-electron chi connectivity index (χ2n) is 5.39. The van der Waals surface area contributed by atoms with Crippen LogP contribution in [0, 0.1) is 17.3 Å². The van der Waals surface area contributed by atoms with E-state index in [1.807, 2.05) is 0 Å². The zero-order valence-electron chi connectivity index (χ0n) is 7.55. The molecule has 0 bridgehead atoms. The molecule has 0 nitrogen and oxygen atoms in total. The van der Waals surface area contributed by atoms with Crippen LogP contribution in [0.4, 0.5) is 0 Å². The first-order valence-corrected chi connectivity index (χ1v) is 5.60. The van der Waals surface area contributed by atoms with Crippen molar-refractivity contribution in [3.05, 3.63) is 0 Å². The molecule has 3 rings (SSSR count). The third-order valence-corrected chi connectivity index (χ3v) is 6.15. The average molecular weight is 168 g/mol. The Morgan fingerprint density at radius 2 is 1.91 bits per heavy atom. The van der Waals surface area contributed by atoms with Crippen LogP contribution in [-0.2, 0) is 0 Å². The molecule has 1 heterocycles. The summed E-state index contributed by atoms with van der Waals surface area (Å²) in [5.74, 6) is 2.18. The van der Waals surface area contributed by atoms with Crippen LogP contribution in [0.5, 0.6) is 0 Å². The van der Waals surface area contributed by atoms with Crippen LogP contribution in [0.2, 0.25) is 0 Å². The van der Waals surface area contributed by atoms with Gasteiger partial charge in [0.05, 0.1) is 0 Å². The first kappa shape index (κ1) is 6.82. The monoisotopic (exact) mass is 168 g/mol. The number of fused-ring (bicyclic) bond motifs is 2. The van der Waals surface area contributed by atoms with Gasteiger partial charge in [0.15, 0.2) is 0 Å². The molecule has 3 fully saturated rings. The van der Waals surface area contributed by atoms with E-state index in [1.54, 1.807) is 0 Å². The minimum absolute atomic E-state index is 0.719. The molecule has 0 aromatic heterocycles. The van der Waals surface area contributed by atoms with Gasteiger partial charge in [0.1, 0.15) is 0 Å². The third-order valence-electron chi connectivity index (χ3n) is 4.42. The van der Waals surface area contributed by atoms with Crippen LogP contribution >= 0.6 is 11.8 Å². The molecule has 0 aromatic rings. The molecule has 0 amide bonds. The number of hydrogen-bond acceptors (Lipinski definition) is 1. The van der Waals surface area contributed by atoms with Crippen molar-refractivity contribution in [3.63, 3.8) is 0 Å². The fraction of sp³-hybridized carbons (Fsp3) is 1.00. The highest BCUT2D eigenvalue weighted by molar-refractivity contribution is 8.08. The molecule has 2 aliphatic carbocycles. The van der Waals surface area contributed by atoms with Gasteiger partial charge in [-0.1, -0.05) is 13.8 Å². The maximum absolute atomic E-state index is 2.47. The highest BCUT2D eigenvalue weighted by Gasteiger charge is 2.69. The third kappa shape index (κ3) is 0.690. The first-order valence-electron chi connectivity index (χ1n) is 4.72. The predicted molar refractivity (Wildman–Crippen MR) is 49.8 cm³/mol. The standard InChI is InChI=1S/C10H16S/c1-9(2)6-4-8-10(3,11-8)5-7(6)9/h6-8H,4-5H2,1-3H3. The van der Waals surface area contributed by atoms with Crippen molar-refractivity contribution < 1.29 is 0 Å². The molecule has 4 atom stereocenters. The molecule has 0 N–H and O–H groups in total. The van der Waals surface area contributed by atoms with Gasteiger partial charge in [-0.3, -0.25) is 0 Å². The predicted octanol–water partition coefficient (Wildman–Crippen LogP) is 2.93. The van der Waals surface area contributed by atoms with Crippen LogP contribution in [-0.4, -0.2) is 10.00 Å². The number of hydrogen-bond donors (Lipinski definition) is 0. The summed E-state index contributed by atoms with van der Waals surface area (Å²) in [4.78, 5) is 0. The van der Waals surface area contributed by atoms with Crippen LogP contribution in [0.3, 0.4) is 0 Å². The Morgan fingerprint density at radius 3 is 2.55 bits per heavy atom. The Bertz CT molecular complexity index is 221. The van der Waals surface area contributed by atoms with Gasteiger partial charge in [-0.25, -0.2) is 0 Å². The van der Waals surface area contributed by atoms with Gasteiger partial charge in [0, 0.05) is 10.00 Å². The second-order valence-corrected chi connectivity index (χ2v) is 7.13. The van der Waals surface area contributed by atoms with Crippen LogP contribution in [0.15, 0.2) is 0 Å². The second kappa shape index (κ2) is 1.53. The van der Waals surface area contributed by atoms with Crippen molar-refractivity contribution in [1.82, 2.24) is 0 Å². The Kier molecular flexibility index (Phi) is 0.946. The SMILES string of the molecule is CC12CC3C(CC1S2)C3(C)C. The molecular formula is C10H16S. The van der Waals surface area contributed by atoms with Gasteiger partial charge >= 0.3 is 0 Å². The summed E-state index contributed by atoms with van der Waals surface area (Å²) in [5.41, 5.74) is 0.719. The van der Waals surface area contributed by atoms with Gasteiger partial charge in [-0.2, -0.15) is 0 Å². The van der Waals surface area contributed by atoms with Crippen molar-refractivity contribution in [3.8, 4) is 0 Å². The van der Waals surface area contributed by atoms with Crippen molar-refractivity contribution in [1.29, 1.82) is 0 Å². The van der Waals surface area contributed by atoms with Gasteiger partial charge < -0.3 is 0 Å². The van der Waals surface area contributed by atoms with E-state index in [-0.39, 0.29) is 0 Å². The Labute approximate surface area is 73.1 Å². The normalized spacial score (nSPS) is 63.0. The Hall–Kier alpha value is 0.350. The van der Waals surface area contributed by atoms with Gasteiger partial charge in [0.2, 0.25) is 0 Å². The minimum Gasteiger partial charge on any atom is -0.149 e. The molecule has 4 unspecified atom stereocenters. The van der Waals surface area contributed by atoms with Gasteiger partial charge in [-0.05, 0) is 37.0 Å². The minimum atomic E-state index is 0.719. The van der Waals surface area contributed by atoms with E-state index < -0.39 is 0 Å². The lowest BCUT2D eigenvalue weighted by atomic mass is 9.91. The molecule has 1 heteroatoms. The van der Waals surface area contributed by atoms with E-state index in [9.17, 15) is 0 Å². The average Bonchev–Trinajstić information content (AvgIpc) is 2.68. The summed E-state index contributed by atoms with van der Waals surface area (Å²) in [7, 11) is 0. The molecule has 11 heavy (non-hydrogen) atoms. The molecule has 1 saturated heterocycles. The molecule has 3 aliphatic rings. The van der Waals surface area contributed by atoms with Crippen LogP contribution < -0.4 is 0 Å². The van der Waals surface area contributed by atoms with Gasteiger partial charge in [0.25, 0.3) is 0 Å². The van der Waals surface area contributed by atoms with E-state index in [4.69, 9.17) is 0 Å². The lowest BCUT2D eigenvalue weighted by molar-refractivity contribution is 0.463. The maximum Gasteiger partial charge on any atom is 0.0257 e. The molecule has 0 aromatic carbocycles. The topological polar surface area (TPSA) is 0 Å².